The number of nitrogens with zero attached hydrogens (tertiary/aromatic N) is 5. The first-order chi connectivity index (χ1) is 17.4. The number of benzene rings is 2. The van der Waals surface area contributed by atoms with Gasteiger partial charge in [-0.3, -0.25) is 4.79 Å². The molecule has 0 radical (unpaired) electrons. The summed E-state index contributed by atoms with van der Waals surface area (Å²) < 4.78 is 30.6. The number of aromatic nitrogens is 5. The van der Waals surface area contributed by atoms with Crippen molar-refractivity contribution in [2.24, 2.45) is 7.05 Å². The summed E-state index contributed by atoms with van der Waals surface area (Å²) in [4.78, 5) is 13.1. The second kappa shape index (κ2) is 10.2. The fourth-order valence-electron chi connectivity index (χ4n) is 4.27. The molecule has 1 fully saturated rings. The zero-order valence-electron chi connectivity index (χ0n) is 20.0. The van der Waals surface area contributed by atoms with E-state index in [1.807, 2.05) is 19.1 Å². The number of carbonyl (C=O) groups is 1. The average molecular weight is 513 g/mol. The maximum absolute atomic E-state index is 15.9. The third-order valence-corrected chi connectivity index (χ3v) is 6.54. The van der Waals surface area contributed by atoms with Gasteiger partial charge >= 0.3 is 0 Å². The van der Waals surface area contributed by atoms with Crippen molar-refractivity contribution < 1.29 is 18.7 Å². The minimum Gasteiger partial charge on any atom is -0.484 e. The van der Waals surface area contributed by atoms with E-state index in [2.05, 4.69) is 20.7 Å². The van der Waals surface area contributed by atoms with Crippen molar-refractivity contribution in [2.75, 3.05) is 6.61 Å². The SMILES string of the molecule is Cc1nnn(C)c1COc1ccc2c(C(=O)NCc3ccc(Cl)cc3)nn(C3CCCCO3)c2c1F. The van der Waals surface area contributed by atoms with E-state index >= 15 is 4.39 Å². The molecule has 5 rings (SSSR count). The van der Waals surface area contributed by atoms with Crippen LogP contribution in [0.3, 0.4) is 0 Å². The molecule has 0 aliphatic carbocycles. The van der Waals surface area contributed by atoms with Crippen LogP contribution in [0.5, 0.6) is 5.75 Å². The van der Waals surface area contributed by atoms with Crippen molar-refractivity contribution in [3.63, 3.8) is 0 Å². The van der Waals surface area contributed by atoms with Crippen LogP contribution in [0, 0.1) is 12.7 Å². The molecule has 0 spiro atoms. The topological polar surface area (TPSA) is 96.1 Å². The fourth-order valence-corrected chi connectivity index (χ4v) is 4.40. The largest absolute Gasteiger partial charge is 0.484 e. The monoisotopic (exact) mass is 512 g/mol. The Kier molecular flexibility index (Phi) is 6.88. The van der Waals surface area contributed by atoms with Crippen LogP contribution < -0.4 is 10.1 Å². The zero-order chi connectivity index (χ0) is 25.2. The Balaban J connectivity index is 1.47. The summed E-state index contributed by atoms with van der Waals surface area (Å²) in [5.41, 5.74) is 2.63. The predicted molar refractivity (Wildman–Crippen MR) is 131 cm³/mol. The summed E-state index contributed by atoms with van der Waals surface area (Å²) in [6, 6.07) is 10.4. The predicted octanol–water partition coefficient (Wildman–Crippen LogP) is 4.47. The Morgan fingerprint density at radius 1 is 1.25 bits per heavy atom. The minimum atomic E-state index is -0.598. The van der Waals surface area contributed by atoms with Gasteiger partial charge in [0.25, 0.3) is 5.91 Å². The highest BCUT2D eigenvalue weighted by Gasteiger charge is 2.27. The number of carbonyl (C=O) groups excluding carboxylic acids is 1. The minimum absolute atomic E-state index is 0.0492. The van der Waals surface area contributed by atoms with E-state index in [1.165, 1.54) is 10.7 Å². The number of hydrogen-bond acceptors (Lipinski definition) is 6. The van der Waals surface area contributed by atoms with Crippen molar-refractivity contribution in [1.29, 1.82) is 0 Å². The molecule has 0 saturated carbocycles. The number of amides is 1. The van der Waals surface area contributed by atoms with Crippen molar-refractivity contribution in [2.45, 2.75) is 45.6 Å². The van der Waals surface area contributed by atoms with Crippen LogP contribution in [-0.2, 0) is 24.9 Å². The van der Waals surface area contributed by atoms with Crippen LogP contribution in [0.2, 0.25) is 5.02 Å². The lowest BCUT2D eigenvalue weighted by Gasteiger charge is -2.23. The lowest BCUT2D eigenvalue weighted by Crippen LogP contribution is -2.24. The molecule has 1 aliphatic heterocycles. The number of hydrogen-bond donors (Lipinski definition) is 1. The molecule has 0 bridgehead atoms. The van der Waals surface area contributed by atoms with Gasteiger partial charge in [0.15, 0.2) is 23.5 Å². The van der Waals surface area contributed by atoms with Gasteiger partial charge in [0.1, 0.15) is 12.1 Å². The first-order valence-corrected chi connectivity index (χ1v) is 12.1. The fraction of sp³-hybridized carbons (Fsp3) is 0.360. The van der Waals surface area contributed by atoms with E-state index in [0.717, 1.165) is 24.1 Å². The molecule has 1 atom stereocenters. The van der Waals surface area contributed by atoms with E-state index in [1.54, 1.807) is 29.9 Å². The van der Waals surface area contributed by atoms with Gasteiger partial charge in [-0.15, -0.1) is 5.10 Å². The van der Waals surface area contributed by atoms with Gasteiger partial charge in [-0.2, -0.15) is 5.10 Å². The number of halogens is 2. The van der Waals surface area contributed by atoms with Crippen molar-refractivity contribution in [1.82, 2.24) is 30.1 Å². The normalized spacial score (nSPS) is 15.8. The molecule has 2 aromatic carbocycles. The molecule has 9 nitrogen and oxygen atoms in total. The maximum atomic E-state index is 15.9. The summed E-state index contributed by atoms with van der Waals surface area (Å²) in [7, 11) is 1.75. The van der Waals surface area contributed by atoms with Crippen LogP contribution in [0.1, 0.15) is 52.9 Å². The molecular formula is C25H26ClFN6O3. The number of ether oxygens (including phenoxy) is 2. The summed E-state index contributed by atoms with van der Waals surface area (Å²) in [6.45, 7) is 2.75. The Hall–Kier alpha value is -3.50. The van der Waals surface area contributed by atoms with Crippen molar-refractivity contribution in [3.05, 3.63) is 69.9 Å². The Bertz CT molecular complexity index is 1380. The average Bonchev–Trinajstić information content (AvgIpc) is 3.44. The third-order valence-electron chi connectivity index (χ3n) is 6.28. The number of aryl methyl sites for hydroxylation is 2. The van der Waals surface area contributed by atoms with Gasteiger partial charge in [0.2, 0.25) is 0 Å². The molecule has 1 aliphatic rings. The molecule has 1 saturated heterocycles. The first kappa shape index (κ1) is 24.2. The van der Waals surface area contributed by atoms with Gasteiger partial charge in [-0.25, -0.2) is 13.8 Å². The third kappa shape index (κ3) is 4.78. The van der Waals surface area contributed by atoms with Crippen LogP contribution in [0.4, 0.5) is 4.39 Å². The molecule has 3 heterocycles. The molecule has 188 valence electrons. The zero-order valence-corrected chi connectivity index (χ0v) is 20.8. The first-order valence-electron chi connectivity index (χ1n) is 11.8. The molecule has 1 unspecified atom stereocenters. The van der Waals surface area contributed by atoms with Gasteiger partial charge < -0.3 is 14.8 Å². The molecule has 36 heavy (non-hydrogen) atoms. The van der Waals surface area contributed by atoms with E-state index in [4.69, 9.17) is 21.1 Å². The second-order valence-corrected chi connectivity index (χ2v) is 9.17. The maximum Gasteiger partial charge on any atom is 0.272 e. The Morgan fingerprint density at radius 3 is 2.75 bits per heavy atom. The second-order valence-electron chi connectivity index (χ2n) is 8.73. The summed E-state index contributed by atoms with van der Waals surface area (Å²) >= 11 is 5.94. The van der Waals surface area contributed by atoms with E-state index in [9.17, 15) is 4.79 Å². The van der Waals surface area contributed by atoms with Gasteiger partial charge in [0.05, 0.1) is 11.4 Å². The standard InChI is InChI=1S/C25H26ClFN6O3/c1-15-19(32(2)31-29-15)14-36-20-11-10-18-23(25(34)28-13-16-6-8-17(26)9-7-16)30-33(24(18)22(20)27)21-5-3-4-12-35-21/h6-11,21H,3-5,12-14H2,1-2H3,(H,28,34). The van der Waals surface area contributed by atoms with Gasteiger partial charge in [-0.1, -0.05) is 28.9 Å². The lowest BCUT2D eigenvalue weighted by molar-refractivity contribution is -0.0371. The molecule has 2 aromatic heterocycles. The lowest BCUT2D eigenvalue weighted by atomic mass is 10.1. The van der Waals surface area contributed by atoms with Crippen molar-refractivity contribution in [3.8, 4) is 5.75 Å². The molecule has 11 heteroatoms. The van der Waals surface area contributed by atoms with Crippen molar-refractivity contribution >= 4 is 28.4 Å². The van der Waals surface area contributed by atoms with E-state index in [-0.39, 0.29) is 30.1 Å². The highest BCUT2D eigenvalue weighted by molar-refractivity contribution is 6.30. The van der Waals surface area contributed by atoms with E-state index in [0.29, 0.717) is 29.1 Å². The number of fused-ring (bicyclic) bond motifs is 1. The van der Waals surface area contributed by atoms with E-state index < -0.39 is 18.0 Å². The van der Waals surface area contributed by atoms with Gasteiger partial charge in [-0.05, 0) is 56.0 Å². The molecular weight excluding hydrogens is 487 g/mol. The molecule has 4 aromatic rings. The van der Waals surface area contributed by atoms with Gasteiger partial charge in [0, 0.05) is 30.6 Å². The van der Waals surface area contributed by atoms with Crippen LogP contribution in [0.15, 0.2) is 36.4 Å². The summed E-state index contributed by atoms with van der Waals surface area (Å²) in [6.07, 6.45) is 2.06. The number of nitrogens with one attached hydrogen (secondary N) is 1. The number of rotatable bonds is 7. The summed E-state index contributed by atoms with van der Waals surface area (Å²) in [5.74, 6) is -0.957. The van der Waals surface area contributed by atoms with Crippen LogP contribution >= 0.6 is 11.6 Å². The Morgan fingerprint density at radius 2 is 2.06 bits per heavy atom. The van der Waals surface area contributed by atoms with Crippen LogP contribution in [-0.4, -0.2) is 37.3 Å². The quantitative estimate of drug-likeness (QED) is 0.392. The highest BCUT2D eigenvalue weighted by Crippen LogP contribution is 2.34. The Labute approximate surface area is 212 Å². The highest BCUT2D eigenvalue weighted by atomic mass is 35.5. The van der Waals surface area contributed by atoms with Crippen LogP contribution in [0.25, 0.3) is 10.9 Å². The molecule has 1 amide bonds. The smallest absolute Gasteiger partial charge is 0.272 e. The summed E-state index contributed by atoms with van der Waals surface area (Å²) in [5, 5.41) is 16.3. The molecule has 1 N–H and O–H groups in total.